The van der Waals surface area contributed by atoms with Gasteiger partial charge in [-0.05, 0) is 36.0 Å². The lowest BCUT2D eigenvalue weighted by Gasteiger charge is -2.19. The largest absolute Gasteiger partial charge is 0.507 e. The lowest BCUT2D eigenvalue weighted by molar-refractivity contribution is 0.0995. The molecule has 0 atom stereocenters. The van der Waals surface area contributed by atoms with Crippen molar-refractivity contribution in [3.8, 4) is 0 Å². The van der Waals surface area contributed by atoms with E-state index < -0.39 is 5.91 Å². The van der Waals surface area contributed by atoms with Gasteiger partial charge in [0, 0.05) is 29.1 Å². The first-order chi connectivity index (χ1) is 15.1. The Kier molecular flexibility index (Phi) is 6.00. The van der Waals surface area contributed by atoms with Gasteiger partial charge in [0.2, 0.25) is 0 Å². The average molecular weight is 428 g/mol. The molecule has 0 aromatic heterocycles. The summed E-state index contributed by atoms with van der Waals surface area (Å²) in [6, 6.07) is 17.8. The van der Waals surface area contributed by atoms with Crippen molar-refractivity contribution >= 4 is 34.5 Å². The molecule has 4 rings (SSSR count). The van der Waals surface area contributed by atoms with Gasteiger partial charge in [-0.15, -0.1) is 5.11 Å². The van der Waals surface area contributed by atoms with Crippen LogP contribution in [0.4, 0.5) is 4.79 Å². The second-order valence-electron chi connectivity index (χ2n) is 6.39. The summed E-state index contributed by atoms with van der Waals surface area (Å²) in [6.45, 7) is 0. The number of rotatable bonds is 3. The lowest BCUT2D eigenvalue weighted by Crippen LogP contribution is -2.20. The third-order valence-corrected chi connectivity index (χ3v) is 5.13. The highest BCUT2D eigenvalue weighted by atomic mass is 32.2. The molecule has 31 heavy (non-hydrogen) atoms. The molecule has 0 radical (unpaired) electrons. The van der Waals surface area contributed by atoms with Gasteiger partial charge in [-0.2, -0.15) is 10.1 Å². The smallest absolute Gasteiger partial charge is 0.311 e. The van der Waals surface area contributed by atoms with Crippen molar-refractivity contribution in [3.05, 3.63) is 113 Å². The predicted molar refractivity (Wildman–Crippen MR) is 120 cm³/mol. The first-order valence-corrected chi connectivity index (χ1v) is 10.1. The van der Waals surface area contributed by atoms with Gasteiger partial charge < -0.3 is 10.0 Å². The summed E-state index contributed by atoms with van der Waals surface area (Å²) in [4.78, 5) is 30.0. The maximum absolute atomic E-state index is 12.0. The quantitative estimate of drug-likeness (QED) is 0.500. The van der Waals surface area contributed by atoms with E-state index in [-0.39, 0.29) is 11.0 Å². The van der Waals surface area contributed by atoms with Crippen LogP contribution in [0.15, 0.2) is 117 Å². The number of hydrogen-bond acceptors (Lipinski definition) is 6. The van der Waals surface area contributed by atoms with Crippen LogP contribution in [0.1, 0.15) is 15.9 Å². The molecule has 2 aliphatic heterocycles. The van der Waals surface area contributed by atoms with Crippen molar-refractivity contribution < 1.29 is 14.7 Å². The van der Waals surface area contributed by atoms with Gasteiger partial charge >= 0.3 is 5.24 Å². The van der Waals surface area contributed by atoms with Crippen LogP contribution in [0.3, 0.4) is 0 Å². The number of aliphatic imine (C=N–C) groups is 1. The van der Waals surface area contributed by atoms with E-state index in [9.17, 15) is 14.7 Å². The van der Waals surface area contributed by atoms with E-state index in [0.717, 1.165) is 11.8 Å². The zero-order valence-corrected chi connectivity index (χ0v) is 16.9. The summed E-state index contributed by atoms with van der Waals surface area (Å²) >= 11 is 0.901. The first-order valence-electron chi connectivity index (χ1n) is 9.26. The molecule has 0 bridgehead atoms. The summed E-state index contributed by atoms with van der Waals surface area (Å²) in [5.41, 5.74) is 1.75. The number of aliphatic hydroxyl groups is 1. The maximum Gasteiger partial charge on any atom is 0.311 e. The highest BCUT2D eigenvalue weighted by Crippen LogP contribution is 2.31. The Morgan fingerprint density at radius 1 is 0.968 bits per heavy atom. The SMILES string of the molecule is O=C1N=C(N2C=CC(=C(O)c3ccccc3)C=C2)/C(=C\N=NC(=O)c2ccccc2)S1. The highest BCUT2D eigenvalue weighted by molar-refractivity contribution is 8.18. The van der Waals surface area contributed by atoms with Crippen LogP contribution in [0.25, 0.3) is 5.76 Å². The molecule has 1 N–H and O–H groups in total. The topological polar surface area (TPSA) is 94.7 Å². The molecule has 8 heteroatoms. The van der Waals surface area contributed by atoms with Crippen molar-refractivity contribution in [1.29, 1.82) is 0 Å². The van der Waals surface area contributed by atoms with Gasteiger partial charge in [-0.25, -0.2) is 0 Å². The van der Waals surface area contributed by atoms with Crippen LogP contribution in [-0.2, 0) is 0 Å². The Labute approximate surface area is 182 Å². The van der Waals surface area contributed by atoms with Gasteiger partial charge in [0.1, 0.15) is 5.76 Å². The number of amidine groups is 1. The lowest BCUT2D eigenvalue weighted by atomic mass is 10.1. The fourth-order valence-corrected chi connectivity index (χ4v) is 3.50. The standard InChI is InChI=1S/C23H16N4O3S/c28-20(16-7-3-1-4-8-16)17-11-13-27(14-12-17)21-19(31-23(30)25-21)15-24-26-22(29)18-9-5-2-6-10-18/h1-15,28H/b19-15+,26-24?. The summed E-state index contributed by atoms with van der Waals surface area (Å²) in [7, 11) is 0. The number of hydrogen-bond donors (Lipinski definition) is 1. The van der Waals surface area contributed by atoms with Crippen molar-refractivity contribution in [1.82, 2.24) is 4.90 Å². The molecule has 0 saturated heterocycles. The Balaban J connectivity index is 1.50. The third kappa shape index (κ3) is 4.76. The van der Waals surface area contributed by atoms with Crippen LogP contribution in [0, 0.1) is 0 Å². The molecular formula is C23H16N4O3S. The van der Waals surface area contributed by atoms with E-state index in [1.165, 1.54) is 6.20 Å². The number of azo groups is 1. The first kappa shape index (κ1) is 20.2. The molecule has 0 spiro atoms. The van der Waals surface area contributed by atoms with Crippen molar-refractivity contribution in [2.75, 3.05) is 0 Å². The van der Waals surface area contributed by atoms with Gasteiger partial charge in [0.25, 0.3) is 5.91 Å². The van der Waals surface area contributed by atoms with E-state index in [1.807, 2.05) is 30.3 Å². The van der Waals surface area contributed by atoms with E-state index in [1.54, 1.807) is 59.8 Å². The summed E-state index contributed by atoms with van der Waals surface area (Å²) in [5, 5.41) is 17.6. The summed E-state index contributed by atoms with van der Waals surface area (Å²) in [6.07, 6.45) is 8.15. The molecule has 2 aromatic carbocycles. The van der Waals surface area contributed by atoms with Gasteiger partial charge in [0.05, 0.1) is 11.1 Å². The van der Waals surface area contributed by atoms with Crippen LogP contribution < -0.4 is 0 Å². The third-order valence-electron chi connectivity index (χ3n) is 4.35. The fraction of sp³-hybridized carbons (Fsp3) is 0. The number of nitrogens with zero attached hydrogens (tertiary/aromatic N) is 4. The van der Waals surface area contributed by atoms with Crippen LogP contribution >= 0.6 is 11.8 Å². The predicted octanol–water partition coefficient (Wildman–Crippen LogP) is 5.70. The van der Waals surface area contributed by atoms with Gasteiger partial charge in [-0.1, -0.05) is 48.5 Å². The second kappa shape index (κ2) is 9.19. The Bertz CT molecular complexity index is 1180. The second-order valence-corrected chi connectivity index (χ2v) is 7.39. The highest BCUT2D eigenvalue weighted by Gasteiger charge is 2.26. The number of aliphatic hydroxyl groups excluding tert-OH is 1. The van der Waals surface area contributed by atoms with Crippen LogP contribution in [-0.4, -0.2) is 27.0 Å². The zero-order chi connectivity index (χ0) is 21.6. The number of thioether (sulfide) groups is 1. The molecular weight excluding hydrogens is 412 g/mol. The molecule has 7 nitrogen and oxygen atoms in total. The monoisotopic (exact) mass is 428 g/mol. The summed E-state index contributed by atoms with van der Waals surface area (Å²) in [5.74, 6) is 0.0385. The van der Waals surface area contributed by atoms with E-state index in [0.29, 0.717) is 27.4 Å². The molecule has 0 saturated carbocycles. The molecule has 2 amide bonds. The normalized spacial score (nSPS) is 17.0. The van der Waals surface area contributed by atoms with Crippen LogP contribution in [0.5, 0.6) is 0 Å². The summed E-state index contributed by atoms with van der Waals surface area (Å²) < 4.78 is 0. The zero-order valence-electron chi connectivity index (χ0n) is 16.1. The molecule has 0 fully saturated rings. The number of benzene rings is 2. The number of carbonyl (C=O) groups is 2. The van der Waals surface area contributed by atoms with E-state index >= 15 is 0 Å². The molecule has 0 unspecified atom stereocenters. The molecule has 2 aromatic rings. The average Bonchev–Trinajstić information content (AvgIpc) is 3.20. The van der Waals surface area contributed by atoms with Crippen LogP contribution in [0.2, 0.25) is 0 Å². The van der Waals surface area contributed by atoms with Crippen molar-refractivity contribution in [3.63, 3.8) is 0 Å². The van der Waals surface area contributed by atoms with Gasteiger partial charge in [0.15, 0.2) is 5.84 Å². The van der Waals surface area contributed by atoms with E-state index in [2.05, 4.69) is 15.2 Å². The maximum atomic E-state index is 12.0. The van der Waals surface area contributed by atoms with Crippen molar-refractivity contribution in [2.24, 2.45) is 15.2 Å². The minimum Gasteiger partial charge on any atom is -0.507 e. The minimum absolute atomic E-state index is 0.149. The number of carbonyl (C=O) groups excluding carboxylic acids is 2. The molecule has 2 heterocycles. The minimum atomic E-state index is -0.478. The number of allylic oxidation sites excluding steroid dienone is 3. The molecule has 2 aliphatic rings. The Morgan fingerprint density at radius 3 is 2.23 bits per heavy atom. The van der Waals surface area contributed by atoms with Crippen molar-refractivity contribution in [2.45, 2.75) is 0 Å². The fourth-order valence-electron chi connectivity index (χ4n) is 2.83. The van der Waals surface area contributed by atoms with E-state index in [4.69, 9.17) is 0 Å². The Morgan fingerprint density at radius 2 is 1.58 bits per heavy atom. The molecule has 0 aliphatic carbocycles. The molecule has 152 valence electrons. The Hall–Kier alpha value is -4.04. The number of amides is 2. The van der Waals surface area contributed by atoms with Gasteiger partial charge in [-0.3, -0.25) is 9.59 Å².